The van der Waals surface area contributed by atoms with E-state index in [0.29, 0.717) is 11.3 Å². The Hall–Kier alpha value is -2.34. The highest BCUT2D eigenvalue weighted by molar-refractivity contribution is 5.77. The van der Waals surface area contributed by atoms with E-state index in [2.05, 4.69) is 10.2 Å². The van der Waals surface area contributed by atoms with Crippen LogP contribution >= 0.6 is 0 Å². The van der Waals surface area contributed by atoms with Gasteiger partial charge in [0.2, 0.25) is 0 Å². The van der Waals surface area contributed by atoms with Gasteiger partial charge in [-0.15, -0.1) is 0 Å². The summed E-state index contributed by atoms with van der Waals surface area (Å²) in [4.78, 5) is 24.8. The lowest BCUT2D eigenvalue weighted by atomic mass is 9.66. The molecular weight excluding hydrogens is 296 g/mol. The minimum absolute atomic E-state index is 0.188. The van der Waals surface area contributed by atoms with E-state index in [1.54, 1.807) is 13.8 Å². The number of ether oxygens (including phenoxy) is 1. The molecule has 0 spiro atoms. The lowest BCUT2D eigenvalue weighted by Crippen LogP contribution is -2.50. The van der Waals surface area contributed by atoms with Crippen LogP contribution in [-0.2, 0) is 16.0 Å². The summed E-state index contributed by atoms with van der Waals surface area (Å²) < 4.78 is 5.18. The number of esters is 1. The van der Waals surface area contributed by atoms with E-state index in [0.717, 1.165) is 5.56 Å². The quantitative estimate of drug-likeness (QED) is 0.744. The molecule has 1 aliphatic rings. The molecule has 1 aliphatic carbocycles. The van der Waals surface area contributed by atoms with Crippen molar-refractivity contribution in [1.82, 2.24) is 10.2 Å². The van der Waals surface area contributed by atoms with Crippen molar-refractivity contribution in [3.05, 3.63) is 57.5 Å². The van der Waals surface area contributed by atoms with Crippen LogP contribution in [0.4, 0.5) is 0 Å². The second-order valence-corrected chi connectivity index (χ2v) is 6.12. The Morgan fingerprint density at radius 1 is 1.35 bits per heavy atom. The molecule has 122 valence electrons. The van der Waals surface area contributed by atoms with Crippen molar-refractivity contribution in [2.75, 3.05) is 6.61 Å². The Morgan fingerprint density at radius 2 is 2.04 bits per heavy atom. The molecule has 2 aromatic rings. The van der Waals surface area contributed by atoms with Crippen molar-refractivity contribution in [2.45, 2.75) is 31.8 Å². The summed E-state index contributed by atoms with van der Waals surface area (Å²) in [5, 5.41) is 16.3. The number of aromatic amines is 2. The average molecular weight is 316 g/mol. The number of aliphatic hydroxyl groups is 1. The van der Waals surface area contributed by atoms with Gasteiger partial charge < -0.3 is 14.9 Å². The maximum Gasteiger partial charge on any atom is 0.312 e. The predicted octanol–water partition coefficient (Wildman–Crippen LogP) is 1.32. The van der Waals surface area contributed by atoms with Gasteiger partial charge in [-0.2, -0.15) is 0 Å². The van der Waals surface area contributed by atoms with Gasteiger partial charge in [0, 0.05) is 23.6 Å². The van der Waals surface area contributed by atoms with Gasteiger partial charge >= 0.3 is 5.97 Å². The smallest absolute Gasteiger partial charge is 0.312 e. The van der Waals surface area contributed by atoms with E-state index >= 15 is 0 Å². The zero-order valence-corrected chi connectivity index (χ0v) is 13.1. The summed E-state index contributed by atoms with van der Waals surface area (Å²) in [6.07, 6.45) is 0.188. The fraction of sp³-hybridized carbons (Fsp3) is 0.412. The fourth-order valence-corrected chi connectivity index (χ4v) is 3.51. The van der Waals surface area contributed by atoms with Crippen LogP contribution in [-0.4, -0.2) is 33.5 Å². The van der Waals surface area contributed by atoms with Gasteiger partial charge in [-0.05, 0) is 19.4 Å². The summed E-state index contributed by atoms with van der Waals surface area (Å²) in [5.41, 5.74) is 0.357. The van der Waals surface area contributed by atoms with Gasteiger partial charge in [0.15, 0.2) is 0 Å². The highest BCUT2D eigenvalue weighted by atomic mass is 16.5. The summed E-state index contributed by atoms with van der Waals surface area (Å²) in [7, 11) is 0. The number of benzene rings is 1. The first-order valence-electron chi connectivity index (χ1n) is 7.69. The van der Waals surface area contributed by atoms with Crippen LogP contribution in [0.5, 0.6) is 0 Å². The number of aromatic nitrogens is 2. The second kappa shape index (κ2) is 5.70. The molecule has 1 aromatic carbocycles. The van der Waals surface area contributed by atoms with E-state index < -0.39 is 23.4 Å². The Kier molecular flexibility index (Phi) is 3.85. The molecule has 3 atom stereocenters. The van der Waals surface area contributed by atoms with Crippen LogP contribution in [0.3, 0.4) is 0 Å². The number of hydrogen-bond donors (Lipinski definition) is 3. The van der Waals surface area contributed by atoms with Crippen LogP contribution in [0.1, 0.15) is 36.6 Å². The van der Waals surface area contributed by atoms with Gasteiger partial charge in [-0.1, -0.05) is 30.3 Å². The van der Waals surface area contributed by atoms with E-state index in [1.165, 1.54) is 0 Å². The molecule has 1 aromatic heterocycles. The molecule has 3 rings (SSSR count). The molecule has 1 heterocycles. The Bertz CT molecular complexity index is 760. The average Bonchev–Trinajstić information content (AvgIpc) is 2.86. The summed E-state index contributed by atoms with van der Waals surface area (Å²) in [6.45, 7) is 3.56. The van der Waals surface area contributed by atoms with E-state index in [1.807, 2.05) is 30.3 Å². The fourth-order valence-electron chi connectivity index (χ4n) is 3.51. The van der Waals surface area contributed by atoms with Gasteiger partial charge in [-0.3, -0.25) is 14.7 Å². The lowest BCUT2D eigenvalue weighted by molar-refractivity contribution is -0.159. The molecule has 0 bridgehead atoms. The molecule has 0 saturated heterocycles. The molecule has 0 fully saturated rings. The van der Waals surface area contributed by atoms with E-state index in [9.17, 15) is 14.7 Å². The third-order valence-corrected chi connectivity index (χ3v) is 4.44. The highest BCUT2D eigenvalue weighted by Crippen LogP contribution is 2.44. The van der Waals surface area contributed by atoms with Crippen LogP contribution < -0.4 is 5.56 Å². The monoisotopic (exact) mass is 316 g/mol. The number of hydrogen-bond acceptors (Lipinski definition) is 4. The maximum atomic E-state index is 12.5. The number of carbonyl (C=O) groups excluding carboxylic acids is 1. The molecular formula is C17H20N2O4. The third kappa shape index (κ3) is 2.59. The van der Waals surface area contributed by atoms with Gasteiger partial charge in [-0.25, -0.2) is 0 Å². The molecule has 0 unspecified atom stereocenters. The number of H-pyrrole nitrogens is 2. The summed E-state index contributed by atoms with van der Waals surface area (Å²) in [6, 6.07) is 9.28. The zero-order valence-electron chi connectivity index (χ0n) is 13.1. The van der Waals surface area contributed by atoms with Crippen LogP contribution in [0.15, 0.2) is 35.1 Å². The van der Waals surface area contributed by atoms with Gasteiger partial charge in [0.1, 0.15) is 0 Å². The molecule has 0 saturated carbocycles. The van der Waals surface area contributed by atoms with Crippen molar-refractivity contribution in [2.24, 2.45) is 5.92 Å². The third-order valence-electron chi connectivity index (χ3n) is 4.44. The second-order valence-electron chi connectivity index (χ2n) is 6.12. The first-order valence-corrected chi connectivity index (χ1v) is 7.69. The van der Waals surface area contributed by atoms with Crippen LogP contribution in [0.25, 0.3) is 0 Å². The number of carbonyl (C=O) groups is 1. The maximum absolute atomic E-state index is 12.5. The van der Waals surface area contributed by atoms with E-state index in [-0.39, 0.29) is 18.6 Å². The summed E-state index contributed by atoms with van der Waals surface area (Å²) >= 11 is 0. The first-order chi connectivity index (χ1) is 11.0. The van der Waals surface area contributed by atoms with Crippen LogP contribution in [0.2, 0.25) is 0 Å². The molecule has 6 nitrogen and oxygen atoms in total. The lowest BCUT2D eigenvalue weighted by Gasteiger charge is -2.40. The largest absolute Gasteiger partial charge is 0.466 e. The molecule has 0 radical (unpaired) electrons. The Labute approximate surface area is 133 Å². The molecule has 6 heteroatoms. The van der Waals surface area contributed by atoms with Gasteiger partial charge in [0.05, 0.1) is 18.1 Å². The Balaban J connectivity index is 2.20. The molecule has 23 heavy (non-hydrogen) atoms. The normalized spacial score (nSPS) is 26.6. The number of fused-ring (bicyclic) bond motifs is 1. The van der Waals surface area contributed by atoms with E-state index in [4.69, 9.17) is 4.74 Å². The van der Waals surface area contributed by atoms with Crippen molar-refractivity contribution < 1.29 is 14.6 Å². The zero-order chi connectivity index (χ0) is 16.6. The Morgan fingerprint density at radius 3 is 2.70 bits per heavy atom. The summed E-state index contributed by atoms with van der Waals surface area (Å²) in [5.74, 6) is -1.88. The highest BCUT2D eigenvalue weighted by Gasteiger charge is 2.51. The van der Waals surface area contributed by atoms with Crippen molar-refractivity contribution in [3.63, 3.8) is 0 Å². The van der Waals surface area contributed by atoms with Crippen molar-refractivity contribution in [3.8, 4) is 0 Å². The molecule has 0 amide bonds. The van der Waals surface area contributed by atoms with Gasteiger partial charge in [0.25, 0.3) is 5.56 Å². The number of nitrogens with one attached hydrogen (secondary N) is 2. The topological polar surface area (TPSA) is 95.2 Å². The van der Waals surface area contributed by atoms with Crippen LogP contribution in [0, 0.1) is 5.92 Å². The number of rotatable bonds is 3. The predicted molar refractivity (Wildman–Crippen MR) is 84.1 cm³/mol. The van der Waals surface area contributed by atoms with Crippen molar-refractivity contribution in [1.29, 1.82) is 0 Å². The molecule has 0 aliphatic heterocycles. The SMILES string of the molecule is CCOC(=O)[C@H]1[C@@H](c2ccccc2)c2c([nH][nH]c2=O)C[C@@]1(C)O. The standard InChI is InChI=1S/C17H20N2O4/c1-3-23-16(21)14-12(10-7-5-4-6-8-10)13-11(9-17(14,2)22)18-19-15(13)20/h4-8,12,14,22H,3,9H2,1-2H3,(H2,18,19,20)/t12-,14+,17+/m0/s1. The minimum Gasteiger partial charge on any atom is -0.466 e. The van der Waals surface area contributed by atoms with Crippen molar-refractivity contribution >= 4 is 5.97 Å². The first kappa shape index (κ1) is 15.6. The minimum atomic E-state index is -1.31. The molecule has 3 N–H and O–H groups in total.